The number of carbonyl (C=O) groups excluding carboxylic acids is 1. The van der Waals surface area contributed by atoms with Crippen LogP contribution < -0.4 is 15.5 Å². The van der Waals surface area contributed by atoms with Crippen molar-refractivity contribution in [3.8, 4) is 0 Å². The third-order valence-electron chi connectivity index (χ3n) is 5.84. The zero-order valence-electron chi connectivity index (χ0n) is 15.5. The first-order chi connectivity index (χ1) is 12.8. The molecule has 1 saturated carbocycles. The lowest BCUT2D eigenvalue weighted by atomic mass is 9.95. The van der Waals surface area contributed by atoms with E-state index < -0.39 is 0 Å². The van der Waals surface area contributed by atoms with Crippen LogP contribution in [0.5, 0.6) is 0 Å². The van der Waals surface area contributed by atoms with E-state index in [1.54, 1.807) is 6.20 Å². The lowest BCUT2D eigenvalue weighted by Gasteiger charge is -2.30. The summed E-state index contributed by atoms with van der Waals surface area (Å²) in [5, 5.41) is 6.33. The van der Waals surface area contributed by atoms with Gasteiger partial charge < -0.3 is 20.3 Å². The fourth-order valence-corrected chi connectivity index (χ4v) is 3.96. The first-order valence-electron chi connectivity index (χ1n) is 10.2. The number of ether oxygens (including phenoxy) is 1. The van der Waals surface area contributed by atoms with Crippen molar-refractivity contribution in [2.75, 3.05) is 31.1 Å². The second-order valence-electron chi connectivity index (χ2n) is 7.80. The lowest BCUT2D eigenvalue weighted by molar-refractivity contribution is -0.0549. The highest BCUT2D eigenvalue weighted by molar-refractivity contribution is 5.94. The van der Waals surface area contributed by atoms with Crippen LogP contribution in [0.15, 0.2) is 18.3 Å². The molecule has 2 N–H and O–H groups in total. The third-order valence-corrected chi connectivity index (χ3v) is 5.84. The fourth-order valence-electron chi connectivity index (χ4n) is 3.96. The van der Waals surface area contributed by atoms with Gasteiger partial charge in [0.25, 0.3) is 5.91 Å². The predicted molar refractivity (Wildman–Crippen MR) is 102 cm³/mol. The van der Waals surface area contributed by atoms with Gasteiger partial charge in [-0.25, -0.2) is 4.98 Å². The highest BCUT2D eigenvalue weighted by Gasteiger charge is 2.25. The molecule has 1 aromatic heterocycles. The minimum Gasteiger partial charge on any atom is -0.375 e. The molecular weight excluding hydrogens is 328 g/mol. The van der Waals surface area contributed by atoms with Crippen molar-refractivity contribution in [2.24, 2.45) is 0 Å². The molecule has 0 aromatic carbocycles. The molecule has 2 atom stereocenters. The van der Waals surface area contributed by atoms with Gasteiger partial charge in [-0.15, -0.1) is 0 Å². The smallest absolute Gasteiger partial charge is 0.253 e. The zero-order chi connectivity index (χ0) is 17.8. The van der Waals surface area contributed by atoms with Crippen molar-refractivity contribution in [2.45, 2.75) is 63.2 Å². The first kappa shape index (κ1) is 17.7. The van der Waals surface area contributed by atoms with Crippen LogP contribution in [0.4, 0.5) is 5.82 Å². The Morgan fingerprint density at radius 2 is 1.96 bits per heavy atom. The van der Waals surface area contributed by atoms with Gasteiger partial charge >= 0.3 is 0 Å². The Morgan fingerprint density at radius 3 is 2.65 bits per heavy atom. The van der Waals surface area contributed by atoms with Crippen LogP contribution >= 0.6 is 0 Å². The van der Waals surface area contributed by atoms with Crippen LogP contribution in [0, 0.1) is 0 Å². The molecule has 3 aliphatic rings. The van der Waals surface area contributed by atoms with E-state index in [-0.39, 0.29) is 11.9 Å². The molecule has 3 fully saturated rings. The minimum absolute atomic E-state index is 0.0254. The Kier molecular flexibility index (Phi) is 5.70. The summed E-state index contributed by atoms with van der Waals surface area (Å²) in [5.74, 6) is 0.941. The molecule has 26 heavy (non-hydrogen) atoms. The standard InChI is InChI=1S/C20H30N4O2/c25-20(23-16-8-10-21-14-16)15-6-7-19(22-13-15)24-11-2-5-18(9-12-24)26-17-3-1-4-17/h6-7,13,16-18,21H,1-5,8-12,14H2,(H,23,25). The number of pyridine rings is 1. The number of nitrogens with zero attached hydrogens (tertiary/aromatic N) is 2. The van der Waals surface area contributed by atoms with Crippen molar-refractivity contribution >= 4 is 11.7 Å². The molecular formula is C20H30N4O2. The van der Waals surface area contributed by atoms with Gasteiger partial charge in [-0.1, -0.05) is 0 Å². The first-order valence-corrected chi connectivity index (χ1v) is 10.2. The molecule has 6 heteroatoms. The van der Waals surface area contributed by atoms with Gasteiger partial charge in [0.1, 0.15) is 5.82 Å². The van der Waals surface area contributed by atoms with Crippen molar-refractivity contribution in [3.05, 3.63) is 23.9 Å². The van der Waals surface area contributed by atoms with Gasteiger partial charge in [-0.05, 0) is 63.6 Å². The Bertz CT molecular complexity index is 596. The largest absolute Gasteiger partial charge is 0.375 e. The normalized spacial score (nSPS) is 27.0. The summed E-state index contributed by atoms with van der Waals surface area (Å²) in [5.41, 5.74) is 0.640. The van der Waals surface area contributed by atoms with Crippen molar-refractivity contribution in [1.82, 2.24) is 15.6 Å². The molecule has 4 rings (SSSR count). The molecule has 3 heterocycles. The summed E-state index contributed by atoms with van der Waals surface area (Å²) in [4.78, 5) is 19.2. The number of carbonyl (C=O) groups is 1. The van der Waals surface area contributed by atoms with E-state index in [1.165, 1.54) is 19.3 Å². The number of hydrogen-bond donors (Lipinski definition) is 2. The Balaban J connectivity index is 1.30. The number of hydrogen-bond acceptors (Lipinski definition) is 5. The third kappa shape index (κ3) is 4.35. The number of anilines is 1. The Labute approximate surface area is 155 Å². The molecule has 0 bridgehead atoms. The van der Waals surface area contributed by atoms with Crippen molar-refractivity contribution in [3.63, 3.8) is 0 Å². The molecule has 1 amide bonds. The second-order valence-corrected chi connectivity index (χ2v) is 7.80. The molecule has 1 aromatic rings. The number of aromatic nitrogens is 1. The highest BCUT2D eigenvalue weighted by Crippen LogP contribution is 2.27. The predicted octanol–water partition coefficient (Wildman–Crippen LogP) is 2.10. The van der Waals surface area contributed by atoms with E-state index in [1.807, 2.05) is 12.1 Å². The lowest BCUT2D eigenvalue weighted by Crippen LogP contribution is -2.36. The molecule has 2 saturated heterocycles. The summed E-state index contributed by atoms with van der Waals surface area (Å²) in [6.07, 6.45) is 10.8. The van der Waals surface area contributed by atoms with Crippen LogP contribution in [-0.2, 0) is 4.74 Å². The SMILES string of the molecule is O=C(NC1CCNC1)c1ccc(N2CCCC(OC3CCC3)CC2)nc1. The van der Waals surface area contributed by atoms with Crippen LogP contribution in [-0.4, -0.2) is 55.3 Å². The summed E-state index contributed by atoms with van der Waals surface area (Å²) >= 11 is 0. The van der Waals surface area contributed by atoms with Gasteiger partial charge in [-0.3, -0.25) is 4.79 Å². The average Bonchev–Trinajstić information content (AvgIpc) is 3.02. The van der Waals surface area contributed by atoms with Gasteiger partial charge in [0.05, 0.1) is 17.8 Å². The van der Waals surface area contributed by atoms with E-state index in [2.05, 4.69) is 20.5 Å². The minimum atomic E-state index is -0.0254. The van der Waals surface area contributed by atoms with Crippen LogP contribution in [0.2, 0.25) is 0 Å². The van der Waals surface area contributed by atoms with E-state index in [0.29, 0.717) is 17.8 Å². The Morgan fingerprint density at radius 1 is 1.12 bits per heavy atom. The van der Waals surface area contributed by atoms with Crippen LogP contribution in [0.25, 0.3) is 0 Å². The second kappa shape index (κ2) is 8.35. The molecule has 0 radical (unpaired) electrons. The van der Waals surface area contributed by atoms with Crippen LogP contribution in [0.3, 0.4) is 0 Å². The number of amides is 1. The van der Waals surface area contributed by atoms with Gasteiger partial charge in [0.15, 0.2) is 0 Å². The zero-order valence-corrected chi connectivity index (χ0v) is 15.5. The molecule has 142 valence electrons. The number of nitrogens with one attached hydrogen (secondary N) is 2. The van der Waals surface area contributed by atoms with E-state index in [4.69, 9.17) is 4.74 Å². The fraction of sp³-hybridized carbons (Fsp3) is 0.700. The maximum Gasteiger partial charge on any atom is 0.253 e. The molecule has 2 aliphatic heterocycles. The van der Waals surface area contributed by atoms with Crippen molar-refractivity contribution in [1.29, 1.82) is 0 Å². The van der Waals surface area contributed by atoms with E-state index in [9.17, 15) is 4.79 Å². The van der Waals surface area contributed by atoms with Gasteiger partial charge in [-0.2, -0.15) is 0 Å². The number of rotatable bonds is 5. The molecule has 1 aliphatic carbocycles. The molecule has 0 spiro atoms. The highest BCUT2D eigenvalue weighted by atomic mass is 16.5. The monoisotopic (exact) mass is 358 g/mol. The Hall–Kier alpha value is -1.66. The maximum absolute atomic E-state index is 12.3. The molecule has 6 nitrogen and oxygen atoms in total. The van der Waals surface area contributed by atoms with Gasteiger partial charge in [0.2, 0.25) is 0 Å². The van der Waals surface area contributed by atoms with E-state index in [0.717, 1.165) is 57.7 Å². The topological polar surface area (TPSA) is 66.5 Å². The average molecular weight is 358 g/mol. The summed E-state index contributed by atoms with van der Waals surface area (Å²) in [6.45, 7) is 3.82. The summed E-state index contributed by atoms with van der Waals surface area (Å²) in [7, 11) is 0. The quantitative estimate of drug-likeness (QED) is 0.844. The molecule has 2 unspecified atom stereocenters. The van der Waals surface area contributed by atoms with Crippen LogP contribution in [0.1, 0.15) is 55.3 Å². The summed E-state index contributed by atoms with van der Waals surface area (Å²) in [6, 6.07) is 4.11. The maximum atomic E-state index is 12.3. The summed E-state index contributed by atoms with van der Waals surface area (Å²) < 4.78 is 6.20. The van der Waals surface area contributed by atoms with Crippen molar-refractivity contribution < 1.29 is 9.53 Å². The van der Waals surface area contributed by atoms with E-state index >= 15 is 0 Å². The van der Waals surface area contributed by atoms with Gasteiger partial charge in [0, 0.05) is 31.9 Å².